The number of nitrogens with zero attached hydrogens (tertiary/aromatic N) is 1. The number of guanidine groups is 1. The molecule has 5 N–H and O–H groups in total. The van der Waals surface area contributed by atoms with Gasteiger partial charge in [0.25, 0.3) is 0 Å². The number of rotatable bonds is 12. The number of carboxylic acid groups (broad SMARTS) is 1. The number of carboxylic acids is 1. The fraction of sp³-hybridized carbons (Fsp3) is 0.800. The third kappa shape index (κ3) is 9.59. The van der Waals surface area contributed by atoms with E-state index in [4.69, 9.17) is 15.9 Å². The Hall–Kier alpha value is -1.99. The molecule has 0 fully saturated rings. The predicted octanol–water partition coefficient (Wildman–Crippen LogP) is 1.74. The Morgan fingerprint density at radius 1 is 1.26 bits per heavy atom. The fourth-order valence-corrected chi connectivity index (χ4v) is 2.18. The third-order valence-electron chi connectivity index (χ3n) is 3.43. The highest BCUT2D eigenvalue weighted by molar-refractivity contribution is 5.80. The zero-order valence-corrected chi connectivity index (χ0v) is 14.1. The van der Waals surface area contributed by atoms with Crippen LogP contribution in [0.1, 0.15) is 52.4 Å². The van der Waals surface area contributed by atoms with Gasteiger partial charge < -0.3 is 20.9 Å². The van der Waals surface area contributed by atoms with Crippen molar-refractivity contribution in [3.05, 3.63) is 0 Å². The minimum atomic E-state index is -1.06. The maximum Gasteiger partial charge on any atom is 0.410 e. The summed E-state index contributed by atoms with van der Waals surface area (Å²) >= 11 is 0. The molecule has 1 atom stereocenters. The molecule has 8 heteroatoms. The van der Waals surface area contributed by atoms with Crippen molar-refractivity contribution in [2.24, 2.45) is 5.73 Å². The molecule has 134 valence electrons. The van der Waals surface area contributed by atoms with Crippen LogP contribution in [0.4, 0.5) is 4.79 Å². The molecule has 0 aromatic carbocycles. The summed E-state index contributed by atoms with van der Waals surface area (Å²) in [5, 5.41) is 19.0. The van der Waals surface area contributed by atoms with E-state index in [0.717, 1.165) is 25.7 Å². The second kappa shape index (κ2) is 12.5. The Morgan fingerprint density at radius 2 is 1.96 bits per heavy atom. The number of nitrogens with one attached hydrogen (secondary N) is 2. The first-order chi connectivity index (χ1) is 10.9. The summed E-state index contributed by atoms with van der Waals surface area (Å²) in [6.07, 6.45) is 4.15. The molecule has 8 nitrogen and oxygen atoms in total. The van der Waals surface area contributed by atoms with Crippen LogP contribution in [0, 0.1) is 5.41 Å². The first kappa shape index (κ1) is 21.0. The summed E-state index contributed by atoms with van der Waals surface area (Å²) < 4.78 is 5.17. The molecule has 0 rings (SSSR count). The molecular formula is C15H30N4O4. The number of ether oxygens (including phenoxy) is 1. The number of hydrogen-bond acceptors (Lipinski definition) is 4. The zero-order valence-electron chi connectivity index (χ0n) is 14.1. The molecule has 0 saturated carbocycles. The van der Waals surface area contributed by atoms with Gasteiger partial charge in [-0.1, -0.05) is 26.2 Å². The molecule has 0 aliphatic carbocycles. The van der Waals surface area contributed by atoms with E-state index in [1.54, 1.807) is 6.92 Å². The van der Waals surface area contributed by atoms with Crippen LogP contribution in [0.25, 0.3) is 0 Å². The highest BCUT2D eigenvalue weighted by Gasteiger charge is 2.29. The van der Waals surface area contributed by atoms with Gasteiger partial charge in [0.15, 0.2) is 5.96 Å². The van der Waals surface area contributed by atoms with Crippen molar-refractivity contribution in [2.75, 3.05) is 19.7 Å². The van der Waals surface area contributed by atoms with Gasteiger partial charge in [-0.3, -0.25) is 10.3 Å². The van der Waals surface area contributed by atoms with Crippen molar-refractivity contribution >= 4 is 18.0 Å². The van der Waals surface area contributed by atoms with E-state index in [1.807, 2.05) is 0 Å². The third-order valence-corrected chi connectivity index (χ3v) is 3.43. The van der Waals surface area contributed by atoms with Crippen LogP contribution in [0.15, 0.2) is 0 Å². The first-order valence-corrected chi connectivity index (χ1v) is 8.18. The fourth-order valence-electron chi connectivity index (χ4n) is 2.18. The van der Waals surface area contributed by atoms with Gasteiger partial charge >= 0.3 is 12.1 Å². The number of unbranched alkanes of at least 4 members (excludes halogenated alkanes) is 3. The Morgan fingerprint density at radius 3 is 2.48 bits per heavy atom. The molecule has 0 saturated heterocycles. The summed E-state index contributed by atoms with van der Waals surface area (Å²) in [6, 6.07) is -0.933. The average molecular weight is 330 g/mol. The highest BCUT2D eigenvalue weighted by Crippen LogP contribution is 2.10. The lowest BCUT2D eigenvalue weighted by Crippen LogP contribution is -2.45. The molecule has 23 heavy (non-hydrogen) atoms. The largest absolute Gasteiger partial charge is 0.480 e. The van der Waals surface area contributed by atoms with Crippen LogP contribution >= 0.6 is 0 Å². The SMILES string of the molecule is CCCCCCOC(=O)N(CC)[C@@H](CCCNC(=N)N)C(=O)O. The van der Waals surface area contributed by atoms with Gasteiger partial charge in [0.05, 0.1) is 6.61 Å². The maximum atomic E-state index is 12.1. The van der Waals surface area contributed by atoms with Gasteiger partial charge in [0, 0.05) is 13.1 Å². The number of amides is 1. The second-order valence-electron chi connectivity index (χ2n) is 5.30. The molecule has 0 unspecified atom stereocenters. The van der Waals surface area contributed by atoms with Crippen LogP contribution < -0.4 is 11.1 Å². The highest BCUT2D eigenvalue weighted by atomic mass is 16.6. The van der Waals surface area contributed by atoms with Gasteiger partial charge in [-0.25, -0.2) is 9.59 Å². The van der Waals surface area contributed by atoms with Crippen molar-refractivity contribution in [2.45, 2.75) is 58.4 Å². The van der Waals surface area contributed by atoms with Gasteiger partial charge in [0.1, 0.15) is 6.04 Å². The van der Waals surface area contributed by atoms with E-state index in [2.05, 4.69) is 12.2 Å². The van der Waals surface area contributed by atoms with Crippen molar-refractivity contribution in [1.29, 1.82) is 5.41 Å². The number of aliphatic carboxylic acids is 1. The lowest BCUT2D eigenvalue weighted by Gasteiger charge is -2.27. The van der Waals surface area contributed by atoms with E-state index in [9.17, 15) is 14.7 Å². The predicted molar refractivity (Wildman–Crippen MR) is 88.4 cm³/mol. The topological polar surface area (TPSA) is 129 Å². The smallest absolute Gasteiger partial charge is 0.410 e. The Kier molecular flexibility index (Phi) is 11.5. The van der Waals surface area contributed by atoms with E-state index >= 15 is 0 Å². The number of carbonyl (C=O) groups is 2. The van der Waals surface area contributed by atoms with E-state index in [-0.39, 0.29) is 18.9 Å². The Balaban J connectivity index is 4.37. The van der Waals surface area contributed by atoms with Crippen LogP contribution in [0.5, 0.6) is 0 Å². The quantitative estimate of drug-likeness (QED) is 0.245. The van der Waals surface area contributed by atoms with Gasteiger partial charge in [-0.2, -0.15) is 0 Å². The van der Waals surface area contributed by atoms with Crippen molar-refractivity contribution in [1.82, 2.24) is 10.2 Å². The summed E-state index contributed by atoms with van der Waals surface area (Å²) in [7, 11) is 0. The molecule has 0 radical (unpaired) electrons. The van der Waals surface area contributed by atoms with Crippen molar-refractivity contribution in [3.8, 4) is 0 Å². The number of hydrogen-bond donors (Lipinski definition) is 4. The lowest BCUT2D eigenvalue weighted by molar-refractivity contribution is -0.143. The van der Waals surface area contributed by atoms with Gasteiger partial charge in [-0.05, 0) is 26.2 Å². The number of nitrogens with two attached hydrogens (primary N) is 1. The summed E-state index contributed by atoms with van der Waals surface area (Å²) in [5.74, 6) is -1.21. The molecule has 0 heterocycles. The molecule has 0 aliphatic rings. The number of likely N-dealkylation sites (N-methyl/N-ethyl adjacent to an activating group) is 1. The van der Waals surface area contributed by atoms with Crippen LogP contribution in [0.3, 0.4) is 0 Å². The molecular weight excluding hydrogens is 300 g/mol. The summed E-state index contributed by atoms with van der Waals surface area (Å²) in [6.45, 7) is 4.80. The Bertz CT molecular complexity index is 376. The van der Waals surface area contributed by atoms with Gasteiger partial charge in [-0.15, -0.1) is 0 Å². The Labute approximate surface area is 137 Å². The molecule has 1 amide bonds. The van der Waals surface area contributed by atoms with Crippen molar-refractivity contribution < 1.29 is 19.4 Å². The standard InChI is InChI=1S/C15H30N4O4/c1-3-5-6-7-11-23-15(22)19(4-2)12(13(20)21)9-8-10-18-14(16)17/h12H,3-11H2,1-2H3,(H,20,21)(H4,16,17,18)/t12-/m0/s1. The molecule has 0 aliphatic heterocycles. The minimum absolute atomic E-state index is 0.157. The molecule has 0 spiro atoms. The number of carbonyl (C=O) groups excluding carboxylic acids is 1. The zero-order chi connectivity index (χ0) is 17.7. The van der Waals surface area contributed by atoms with E-state index < -0.39 is 18.1 Å². The minimum Gasteiger partial charge on any atom is -0.480 e. The van der Waals surface area contributed by atoms with Crippen LogP contribution in [-0.4, -0.2) is 53.8 Å². The van der Waals surface area contributed by atoms with Crippen molar-refractivity contribution in [3.63, 3.8) is 0 Å². The van der Waals surface area contributed by atoms with Crippen LogP contribution in [-0.2, 0) is 9.53 Å². The molecule has 0 aromatic rings. The van der Waals surface area contributed by atoms with E-state index in [1.165, 1.54) is 4.90 Å². The first-order valence-electron chi connectivity index (χ1n) is 8.18. The maximum absolute atomic E-state index is 12.1. The summed E-state index contributed by atoms with van der Waals surface area (Å²) in [5.41, 5.74) is 5.16. The monoisotopic (exact) mass is 330 g/mol. The molecule has 0 bridgehead atoms. The summed E-state index contributed by atoms with van der Waals surface area (Å²) in [4.78, 5) is 24.7. The lowest BCUT2D eigenvalue weighted by atomic mass is 10.1. The van der Waals surface area contributed by atoms with Crippen LogP contribution in [0.2, 0.25) is 0 Å². The average Bonchev–Trinajstić information content (AvgIpc) is 2.49. The van der Waals surface area contributed by atoms with E-state index in [0.29, 0.717) is 19.6 Å². The normalized spacial score (nSPS) is 11.6. The molecule has 0 aromatic heterocycles. The van der Waals surface area contributed by atoms with Gasteiger partial charge in [0.2, 0.25) is 0 Å². The second-order valence-corrected chi connectivity index (χ2v) is 5.30.